The summed E-state index contributed by atoms with van der Waals surface area (Å²) in [5.41, 5.74) is 1.33. The quantitative estimate of drug-likeness (QED) is 0.780. The van der Waals surface area contributed by atoms with E-state index < -0.39 is 0 Å². The van der Waals surface area contributed by atoms with Crippen molar-refractivity contribution >= 4 is 17.4 Å². The number of aliphatic hydroxyl groups is 1. The molecule has 128 valence electrons. The van der Waals surface area contributed by atoms with E-state index in [4.69, 9.17) is 5.11 Å². The van der Waals surface area contributed by atoms with E-state index in [1.807, 2.05) is 13.8 Å². The van der Waals surface area contributed by atoms with Crippen LogP contribution in [0.4, 0.5) is 20.6 Å². The van der Waals surface area contributed by atoms with Crippen molar-refractivity contribution < 1.29 is 14.3 Å². The van der Waals surface area contributed by atoms with Gasteiger partial charge in [-0.05, 0) is 50.3 Å². The first-order valence-electron chi connectivity index (χ1n) is 8.24. The number of nitrogens with one attached hydrogen (secondary N) is 2. The first-order chi connectivity index (χ1) is 11.0. The van der Waals surface area contributed by atoms with Gasteiger partial charge in [0.25, 0.3) is 0 Å². The summed E-state index contributed by atoms with van der Waals surface area (Å²) in [6.07, 6.45) is 3.42. The number of anilines is 2. The van der Waals surface area contributed by atoms with Crippen LogP contribution in [0.2, 0.25) is 0 Å². The zero-order valence-corrected chi connectivity index (χ0v) is 13.8. The molecule has 6 heteroatoms. The third-order valence-corrected chi connectivity index (χ3v) is 4.40. The molecule has 2 atom stereocenters. The van der Waals surface area contributed by atoms with Crippen LogP contribution < -0.4 is 15.5 Å². The number of hydrogen-bond acceptors (Lipinski definition) is 3. The van der Waals surface area contributed by atoms with Crippen LogP contribution in [0.1, 0.15) is 33.1 Å². The number of amides is 2. The second-order valence-corrected chi connectivity index (χ2v) is 6.26. The molecule has 0 aliphatic carbocycles. The first-order valence-corrected chi connectivity index (χ1v) is 8.24. The number of aliphatic hydroxyl groups excluding tert-OH is 1. The maximum Gasteiger partial charge on any atom is 0.319 e. The van der Waals surface area contributed by atoms with Gasteiger partial charge < -0.3 is 20.6 Å². The molecule has 5 nitrogen and oxygen atoms in total. The standard InChI is InChI=1S/C17H26FN3O2/c1-12(11-22)13(2)19-17(23)20-15-10-14(18)6-7-16(15)21-8-4-3-5-9-21/h6-7,10,12-13,22H,3-5,8-9,11H2,1-2H3,(H2,19,20,23). The Hall–Kier alpha value is -1.82. The predicted octanol–water partition coefficient (Wildman–Crippen LogP) is 2.95. The number of hydrogen-bond donors (Lipinski definition) is 3. The largest absolute Gasteiger partial charge is 0.396 e. The molecule has 3 N–H and O–H groups in total. The van der Waals surface area contributed by atoms with Crippen molar-refractivity contribution in [1.82, 2.24) is 5.32 Å². The average molecular weight is 323 g/mol. The van der Waals surface area contributed by atoms with E-state index >= 15 is 0 Å². The summed E-state index contributed by atoms with van der Waals surface area (Å²) in [6.45, 7) is 5.52. The molecule has 1 aromatic carbocycles. The Balaban J connectivity index is 2.08. The molecule has 0 spiro atoms. The zero-order valence-electron chi connectivity index (χ0n) is 13.8. The molecule has 2 rings (SSSR count). The highest BCUT2D eigenvalue weighted by molar-refractivity contribution is 5.93. The van der Waals surface area contributed by atoms with Crippen LogP contribution >= 0.6 is 0 Å². The van der Waals surface area contributed by atoms with Crippen LogP contribution in [0.3, 0.4) is 0 Å². The van der Waals surface area contributed by atoms with Crippen LogP contribution in [-0.4, -0.2) is 36.9 Å². The summed E-state index contributed by atoms with van der Waals surface area (Å²) >= 11 is 0. The fraction of sp³-hybridized carbons (Fsp3) is 0.588. The van der Waals surface area contributed by atoms with Crippen molar-refractivity contribution in [3.05, 3.63) is 24.0 Å². The fourth-order valence-electron chi connectivity index (χ4n) is 2.68. The minimum atomic E-state index is -0.387. The van der Waals surface area contributed by atoms with Crippen molar-refractivity contribution in [3.8, 4) is 0 Å². The van der Waals surface area contributed by atoms with Crippen molar-refractivity contribution in [1.29, 1.82) is 0 Å². The summed E-state index contributed by atoms with van der Waals surface area (Å²) < 4.78 is 13.6. The fourth-order valence-corrected chi connectivity index (χ4v) is 2.68. The van der Waals surface area contributed by atoms with E-state index in [9.17, 15) is 9.18 Å². The van der Waals surface area contributed by atoms with Gasteiger partial charge in [0.15, 0.2) is 0 Å². The Kier molecular flexibility index (Phi) is 6.21. The molecule has 23 heavy (non-hydrogen) atoms. The Bertz CT molecular complexity index is 533. The minimum absolute atomic E-state index is 0.000436. The van der Waals surface area contributed by atoms with Gasteiger partial charge in [0.05, 0.1) is 11.4 Å². The van der Waals surface area contributed by atoms with Crippen LogP contribution in [0.25, 0.3) is 0 Å². The number of benzene rings is 1. The third kappa shape index (κ3) is 4.82. The number of carbonyl (C=O) groups excluding carboxylic acids is 1. The average Bonchev–Trinajstić information content (AvgIpc) is 2.54. The lowest BCUT2D eigenvalue weighted by molar-refractivity contribution is 0.204. The minimum Gasteiger partial charge on any atom is -0.396 e. The summed E-state index contributed by atoms with van der Waals surface area (Å²) in [4.78, 5) is 14.3. The van der Waals surface area contributed by atoms with Crippen LogP contribution in [0, 0.1) is 11.7 Å². The molecular weight excluding hydrogens is 297 g/mol. The van der Waals surface area contributed by atoms with E-state index in [0.717, 1.165) is 31.6 Å². The van der Waals surface area contributed by atoms with Gasteiger partial charge in [0.1, 0.15) is 5.82 Å². The lowest BCUT2D eigenvalue weighted by Crippen LogP contribution is -2.41. The van der Waals surface area contributed by atoms with Gasteiger partial charge in [-0.25, -0.2) is 9.18 Å². The molecule has 1 aromatic rings. The zero-order chi connectivity index (χ0) is 16.8. The van der Waals surface area contributed by atoms with Crippen molar-refractivity contribution in [3.63, 3.8) is 0 Å². The lowest BCUT2D eigenvalue weighted by Gasteiger charge is -2.30. The number of rotatable bonds is 5. The molecule has 0 aromatic heterocycles. The molecule has 0 radical (unpaired) electrons. The molecule has 1 fully saturated rings. The molecular formula is C17H26FN3O2. The monoisotopic (exact) mass is 323 g/mol. The highest BCUT2D eigenvalue weighted by Crippen LogP contribution is 2.29. The number of piperidine rings is 1. The molecule has 2 unspecified atom stereocenters. The molecule has 0 saturated carbocycles. The number of carbonyl (C=O) groups is 1. The van der Waals surface area contributed by atoms with E-state index in [1.165, 1.54) is 18.6 Å². The molecule has 1 aliphatic heterocycles. The third-order valence-electron chi connectivity index (χ3n) is 4.40. The number of urea groups is 1. The predicted molar refractivity (Wildman–Crippen MR) is 90.3 cm³/mol. The van der Waals surface area contributed by atoms with Gasteiger partial charge in [-0.1, -0.05) is 6.92 Å². The SMILES string of the molecule is CC(CO)C(C)NC(=O)Nc1cc(F)ccc1N1CCCCC1. The molecule has 1 saturated heterocycles. The first kappa shape index (κ1) is 17.5. The molecule has 2 amide bonds. The van der Waals surface area contributed by atoms with E-state index in [-0.39, 0.29) is 30.4 Å². The highest BCUT2D eigenvalue weighted by Gasteiger charge is 2.18. The van der Waals surface area contributed by atoms with Crippen LogP contribution in [-0.2, 0) is 0 Å². The van der Waals surface area contributed by atoms with Crippen molar-refractivity contribution in [2.45, 2.75) is 39.2 Å². The number of halogens is 1. The Morgan fingerprint density at radius 1 is 1.30 bits per heavy atom. The van der Waals surface area contributed by atoms with E-state index in [0.29, 0.717) is 5.69 Å². The molecule has 1 heterocycles. The van der Waals surface area contributed by atoms with E-state index in [2.05, 4.69) is 15.5 Å². The van der Waals surface area contributed by atoms with Gasteiger partial charge in [0.2, 0.25) is 0 Å². The van der Waals surface area contributed by atoms with Crippen molar-refractivity contribution in [2.24, 2.45) is 5.92 Å². The maximum absolute atomic E-state index is 13.6. The van der Waals surface area contributed by atoms with Gasteiger partial charge in [-0.2, -0.15) is 0 Å². The smallest absolute Gasteiger partial charge is 0.319 e. The van der Waals surface area contributed by atoms with Gasteiger partial charge in [-0.3, -0.25) is 0 Å². The van der Waals surface area contributed by atoms with Gasteiger partial charge in [-0.15, -0.1) is 0 Å². The Morgan fingerprint density at radius 2 is 2.00 bits per heavy atom. The normalized spacial score (nSPS) is 17.5. The molecule has 1 aliphatic rings. The maximum atomic E-state index is 13.6. The van der Waals surface area contributed by atoms with Gasteiger partial charge in [0, 0.05) is 25.7 Å². The van der Waals surface area contributed by atoms with Crippen LogP contribution in [0.15, 0.2) is 18.2 Å². The molecule has 0 bridgehead atoms. The Labute approximate surface area is 136 Å². The van der Waals surface area contributed by atoms with E-state index in [1.54, 1.807) is 6.07 Å². The summed E-state index contributed by atoms with van der Waals surface area (Å²) in [5, 5.41) is 14.7. The van der Waals surface area contributed by atoms with Crippen LogP contribution in [0.5, 0.6) is 0 Å². The van der Waals surface area contributed by atoms with Gasteiger partial charge >= 0.3 is 6.03 Å². The lowest BCUT2D eigenvalue weighted by atomic mass is 10.1. The Morgan fingerprint density at radius 3 is 2.65 bits per heavy atom. The number of nitrogens with zero attached hydrogens (tertiary/aromatic N) is 1. The van der Waals surface area contributed by atoms with Crippen molar-refractivity contribution in [2.75, 3.05) is 29.9 Å². The summed E-state index contributed by atoms with van der Waals surface area (Å²) in [6, 6.07) is 3.93. The second-order valence-electron chi connectivity index (χ2n) is 6.26. The second kappa shape index (κ2) is 8.15. The topological polar surface area (TPSA) is 64.6 Å². The summed E-state index contributed by atoms with van der Waals surface area (Å²) in [7, 11) is 0. The summed E-state index contributed by atoms with van der Waals surface area (Å²) in [5.74, 6) is -0.423. The highest BCUT2D eigenvalue weighted by atomic mass is 19.1.